The van der Waals surface area contributed by atoms with Crippen molar-refractivity contribution in [1.29, 1.82) is 0 Å². The van der Waals surface area contributed by atoms with Gasteiger partial charge in [-0.05, 0) is 36.9 Å². The third-order valence-corrected chi connectivity index (χ3v) is 3.78. The summed E-state index contributed by atoms with van der Waals surface area (Å²) in [6.07, 6.45) is 2.27. The van der Waals surface area contributed by atoms with Crippen molar-refractivity contribution in [3.63, 3.8) is 0 Å². The Hall–Kier alpha value is -1.06. The smallest absolute Gasteiger partial charge is 0.137 e. The van der Waals surface area contributed by atoms with Crippen LogP contribution in [0.4, 0.5) is 0 Å². The topological polar surface area (TPSA) is 30.5 Å². The molecular formula is C17H27NO2. The highest BCUT2D eigenvalue weighted by atomic mass is 16.5. The van der Waals surface area contributed by atoms with Crippen LogP contribution in [0.15, 0.2) is 24.3 Å². The molecule has 2 rings (SSSR count). The van der Waals surface area contributed by atoms with Crippen molar-refractivity contribution in [2.24, 2.45) is 0 Å². The molecule has 0 radical (unpaired) electrons. The molecule has 1 fully saturated rings. The maximum atomic E-state index is 6.27. The third kappa shape index (κ3) is 3.97. The first-order valence-corrected chi connectivity index (χ1v) is 7.79. The first-order valence-electron chi connectivity index (χ1n) is 7.79. The average Bonchev–Trinajstić information content (AvgIpc) is 2.47. The van der Waals surface area contributed by atoms with E-state index in [0.29, 0.717) is 18.6 Å². The van der Waals surface area contributed by atoms with Crippen molar-refractivity contribution in [2.45, 2.75) is 51.7 Å². The zero-order valence-corrected chi connectivity index (χ0v) is 12.9. The van der Waals surface area contributed by atoms with Crippen molar-refractivity contribution >= 4 is 0 Å². The molecule has 20 heavy (non-hydrogen) atoms. The molecule has 0 aromatic heterocycles. The summed E-state index contributed by atoms with van der Waals surface area (Å²) in [5.41, 5.74) is 1.27. The summed E-state index contributed by atoms with van der Waals surface area (Å²) in [7, 11) is 0. The molecule has 0 saturated carbocycles. The van der Waals surface area contributed by atoms with Gasteiger partial charge in [-0.3, -0.25) is 0 Å². The van der Waals surface area contributed by atoms with Crippen molar-refractivity contribution in [2.75, 3.05) is 19.8 Å². The first kappa shape index (κ1) is 15.3. The Morgan fingerprint density at radius 1 is 1.35 bits per heavy atom. The Morgan fingerprint density at radius 2 is 2.15 bits per heavy atom. The summed E-state index contributed by atoms with van der Waals surface area (Å²) < 4.78 is 11.9. The van der Waals surface area contributed by atoms with Gasteiger partial charge in [0.25, 0.3) is 0 Å². The van der Waals surface area contributed by atoms with Gasteiger partial charge in [0, 0.05) is 12.6 Å². The van der Waals surface area contributed by atoms with Gasteiger partial charge in [-0.2, -0.15) is 0 Å². The molecular weight excluding hydrogens is 250 g/mol. The molecule has 1 aliphatic heterocycles. The number of rotatable bonds is 6. The summed E-state index contributed by atoms with van der Waals surface area (Å²) >= 11 is 0. The van der Waals surface area contributed by atoms with E-state index in [4.69, 9.17) is 9.47 Å². The van der Waals surface area contributed by atoms with Crippen LogP contribution in [0, 0.1) is 0 Å². The molecule has 2 atom stereocenters. The van der Waals surface area contributed by atoms with E-state index < -0.39 is 0 Å². The van der Waals surface area contributed by atoms with Gasteiger partial charge < -0.3 is 14.8 Å². The Kier molecular flexibility index (Phi) is 5.86. The number of para-hydroxylation sites is 1. The minimum atomic E-state index is 0.107. The van der Waals surface area contributed by atoms with Crippen molar-refractivity contribution < 1.29 is 9.47 Å². The molecule has 1 aliphatic rings. The van der Waals surface area contributed by atoms with E-state index >= 15 is 0 Å². The van der Waals surface area contributed by atoms with E-state index in [1.165, 1.54) is 5.56 Å². The molecule has 1 aromatic rings. The Bertz CT molecular complexity index is 406. The molecule has 1 N–H and O–H groups in total. The molecule has 2 unspecified atom stereocenters. The van der Waals surface area contributed by atoms with E-state index in [0.717, 1.165) is 31.7 Å². The lowest BCUT2D eigenvalue weighted by molar-refractivity contribution is -0.0150. The van der Waals surface area contributed by atoms with Gasteiger partial charge in [0.15, 0.2) is 0 Å². The summed E-state index contributed by atoms with van der Waals surface area (Å²) in [6, 6.07) is 8.73. The Balaban J connectivity index is 2.06. The van der Waals surface area contributed by atoms with Crippen LogP contribution in [-0.4, -0.2) is 31.9 Å². The number of hydrogen-bond acceptors (Lipinski definition) is 3. The van der Waals surface area contributed by atoms with Gasteiger partial charge >= 0.3 is 0 Å². The van der Waals surface area contributed by atoms with Crippen LogP contribution < -0.4 is 10.1 Å². The lowest BCUT2D eigenvalue weighted by Crippen LogP contribution is -2.49. The van der Waals surface area contributed by atoms with E-state index in [9.17, 15) is 0 Å². The first-order chi connectivity index (χ1) is 9.72. The van der Waals surface area contributed by atoms with E-state index in [1.807, 2.05) is 6.07 Å². The van der Waals surface area contributed by atoms with Crippen molar-refractivity contribution in [3.05, 3.63) is 29.8 Å². The second-order valence-electron chi connectivity index (χ2n) is 5.77. The van der Waals surface area contributed by atoms with Gasteiger partial charge in [-0.15, -0.1) is 0 Å². The molecule has 0 amide bonds. The standard InChI is InChI=1S/C17H27NO2/c1-4-10-18-15-9-11-19-12-17(15)20-16-8-6-5-7-14(16)13(2)3/h5-8,13,15,17-18H,4,9-12H2,1-3H3. The van der Waals surface area contributed by atoms with Gasteiger partial charge in [-0.1, -0.05) is 39.0 Å². The van der Waals surface area contributed by atoms with E-state index in [1.54, 1.807) is 0 Å². The molecule has 1 saturated heterocycles. The molecule has 0 aliphatic carbocycles. The van der Waals surface area contributed by atoms with Crippen LogP contribution in [0.2, 0.25) is 0 Å². The van der Waals surface area contributed by atoms with Crippen molar-refractivity contribution in [3.8, 4) is 5.75 Å². The van der Waals surface area contributed by atoms with Crippen LogP contribution in [0.25, 0.3) is 0 Å². The minimum absolute atomic E-state index is 0.107. The molecule has 3 heteroatoms. The lowest BCUT2D eigenvalue weighted by atomic mass is 10.0. The molecule has 1 heterocycles. The predicted molar refractivity (Wildman–Crippen MR) is 82.5 cm³/mol. The summed E-state index contributed by atoms with van der Waals surface area (Å²) in [4.78, 5) is 0. The molecule has 112 valence electrons. The Labute approximate surface area is 122 Å². The fourth-order valence-corrected chi connectivity index (χ4v) is 2.62. The zero-order chi connectivity index (χ0) is 14.4. The quantitative estimate of drug-likeness (QED) is 0.865. The van der Waals surface area contributed by atoms with Gasteiger partial charge in [0.2, 0.25) is 0 Å². The second kappa shape index (κ2) is 7.65. The maximum absolute atomic E-state index is 6.27. The summed E-state index contributed by atoms with van der Waals surface area (Å²) in [5, 5.41) is 3.59. The fraction of sp³-hybridized carbons (Fsp3) is 0.647. The van der Waals surface area contributed by atoms with Crippen LogP contribution >= 0.6 is 0 Å². The van der Waals surface area contributed by atoms with Crippen LogP contribution in [0.3, 0.4) is 0 Å². The summed E-state index contributed by atoms with van der Waals surface area (Å²) in [5.74, 6) is 1.47. The van der Waals surface area contributed by atoms with Gasteiger partial charge in [-0.25, -0.2) is 0 Å². The van der Waals surface area contributed by atoms with Gasteiger partial charge in [0.1, 0.15) is 11.9 Å². The average molecular weight is 277 g/mol. The fourth-order valence-electron chi connectivity index (χ4n) is 2.62. The predicted octanol–water partition coefficient (Wildman–Crippen LogP) is 3.35. The highest BCUT2D eigenvalue weighted by molar-refractivity contribution is 5.35. The highest BCUT2D eigenvalue weighted by Gasteiger charge is 2.27. The van der Waals surface area contributed by atoms with Crippen LogP contribution in [0.1, 0.15) is 45.1 Å². The van der Waals surface area contributed by atoms with Crippen LogP contribution in [-0.2, 0) is 4.74 Å². The second-order valence-corrected chi connectivity index (χ2v) is 5.77. The SMILES string of the molecule is CCCNC1CCOCC1Oc1ccccc1C(C)C. The normalized spacial score (nSPS) is 23.0. The summed E-state index contributed by atoms with van der Waals surface area (Å²) in [6.45, 7) is 9.13. The molecule has 0 bridgehead atoms. The molecule has 3 nitrogen and oxygen atoms in total. The highest BCUT2D eigenvalue weighted by Crippen LogP contribution is 2.28. The van der Waals surface area contributed by atoms with Gasteiger partial charge in [0.05, 0.1) is 6.61 Å². The monoisotopic (exact) mass is 277 g/mol. The third-order valence-electron chi connectivity index (χ3n) is 3.78. The number of nitrogens with one attached hydrogen (secondary N) is 1. The molecule has 0 spiro atoms. The van der Waals surface area contributed by atoms with Crippen molar-refractivity contribution in [1.82, 2.24) is 5.32 Å². The Morgan fingerprint density at radius 3 is 2.90 bits per heavy atom. The number of hydrogen-bond donors (Lipinski definition) is 1. The van der Waals surface area contributed by atoms with Crippen LogP contribution in [0.5, 0.6) is 5.75 Å². The maximum Gasteiger partial charge on any atom is 0.137 e. The number of benzene rings is 1. The zero-order valence-electron chi connectivity index (χ0n) is 12.9. The number of ether oxygens (including phenoxy) is 2. The minimum Gasteiger partial charge on any atom is -0.486 e. The largest absolute Gasteiger partial charge is 0.486 e. The van der Waals surface area contributed by atoms with E-state index in [-0.39, 0.29) is 6.10 Å². The lowest BCUT2D eigenvalue weighted by Gasteiger charge is -2.33. The molecule has 1 aromatic carbocycles. The van der Waals surface area contributed by atoms with E-state index in [2.05, 4.69) is 44.3 Å².